The van der Waals surface area contributed by atoms with Gasteiger partial charge in [-0.2, -0.15) is 0 Å². The number of urea groups is 1. The standard InChI is InChI=1S/C10H17N3O3/c1-3-4-11-9(14)12-5-7-13(8-6-12)10(15)16-2/h3-4H,5-8H2,1-2H3,(H,11,14)/b4-3+. The number of methoxy groups -OCH3 is 1. The number of nitrogens with one attached hydrogen (secondary N) is 1. The van der Waals surface area contributed by atoms with Gasteiger partial charge in [-0.3, -0.25) is 0 Å². The molecule has 0 aromatic carbocycles. The van der Waals surface area contributed by atoms with Gasteiger partial charge in [0.05, 0.1) is 7.11 Å². The van der Waals surface area contributed by atoms with Crippen LogP contribution >= 0.6 is 0 Å². The fourth-order valence-corrected chi connectivity index (χ4v) is 1.47. The molecule has 0 atom stereocenters. The molecule has 3 amide bonds. The predicted octanol–water partition coefficient (Wildman–Crippen LogP) is 0.614. The Kier molecular flexibility index (Phi) is 4.63. The normalized spacial score (nSPS) is 16.4. The molecule has 1 N–H and O–H groups in total. The van der Waals surface area contributed by atoms with Gasteiger partial charge >= 0.3 is 12.1 Å². The molecular formula is C10H17N3O3. The molecule has 16 heavy (non-hydrogen) atoms. The summed E-state index contributed by atoms with van der Waals surface area (Å²) < 4.78 is 4.61. The summed E-state index contributed by atoms with van der Waals surface area (Å²) in [4.78, 5) is 26.0. The Morgan fingerprint density at radius 3 is 2.25 bits per heavy atom. The van der Waals surface area contributed by atoms with Gasteiger partial charge in [-0.05, 0) is 6.92 Å². The maximum Gasteiger partial charge on any atom is 0.409 e. The molecule has 0 bridgehead atoms. The highest BCUT2D eigenvalue weighted by molar-refractivity contribution is 5.75. The number of allylic oxidation sites excluding steroid dienone is 1. The first kappa shape index (κ1) is 12.4. The van der Waals surface area contributed by atoms with E-state index in [4.69, 9.17) is 0 Å². The van der Waals surface area contributed by atoms with Crippen LogP contribution in [0.25, 0.3) is 0 Å². The second kappa shape index (κ2) is 5.99. The maximum atomic E-state index is 11.5. The topological polar surface area (TPSA) is 61.9 Å². The number of carbonyl (C=O) groups excluding carboxylic acids is 2. The molecular weight excluding hydrogens is 210 g/mol. The van der Waals surface area contributed by atoms with Crippen LogP contribution in [0.2, 0.25) is 0 Å². The number of hydrogen-bond acceptors (Lipinski definition) is 3. The molecule has 90 valence electrons. The summed E-state index contributed by atoms with van der Waals surface area (Å²) in [5.41, 5.74) is 0. The number of nitrogens with zero attached hydrogens (tertiary/aromatic N) is 2. The van der Waals surface area contributed by atoms with Gasteiger partial charge in [0.25, 0.3) is 0 Å². The molecule has 0 aliphatic carbocycles. The highest BCUT2D eigenvalue weighted by atomic mass is 16.5. The lowest BCUT2D eigenvalue weighted by atomic mass is 10.3. The van der Waals surface area contributed by atoms with E-state index in [1.807, 2.05) is 6.92 Å². The number of amides is 3. The highest BCUT2D eigenvalue weighted by Gasteiger charge is 2.23. The summed E-state index contributed by atoms with van der Waals surface area (Å²) in [7, 11) is 1.35. The lowest BCUT2D eigenvalue weighted by Crippen LogP contribution is -2.52. The van der Waals surface area contributed by atoms with Crippen LogP contribution < -0.4 is 5.32 Å². The SMILES string of the molecule is C/C=C/NC(=O)N1CCN(C(=O)OC)CC1. The van der Waals surface area contributed by atoms with Crippen molar-refractivity contribution >= 4 is 12.1 Å². The summed E-state index contributed by atoms with van der Waals surface area (Å²) in [6.07, 6.45) is 3.01. The van der Waals surface area contributed by atoms with Crippen molar-refractivity contribution in [3.63, 3.8) is 0 Å². The zero-order chi connectivity index (χ0) is 12.0. The van der Waals surface area contributed by atoms with Gasteiger partial charge in [0.1, 0.15) is 0 Å². The Balaban J connectivity index is 2.36. The molecule has 0 unspecified atom stereocenters. The van der Waals surface area contributed by atoms with Crippen LogP contribution in [0, 0.1) is 0 Å². The van der Waals surface area contributed by atoms with Crippen molar-refractivity contribution in [1.29, 1.82) is 0 Å². The minimum Gasteiger partial charge on any atom is -0.453 e. The van der Waals surface area contributed by atoms with E-state index in [0.717, 1.165) is 0 Å². The summed E-state index contributed by atoms with van der Waals surface area (Å²) in [5.74, 6) is 0. The van der Waals surface area contributed by atoms with E-state index in [9.17, 15) is 9.59 Å². The lowest BCUT2D eigenvalue weighted by Gasteiger charge is -2.33. The Labute approximate surface area is 94.8 Å². The van der Waals surface area contributed by atoms with Crippen molar-refractivity contribution in [3.05, 3.63) is 12.3 Å². The third kappa shape index (κ3) is 3.15. The van der Waals surface area contributed by atoms with Crippen LogP contribution in [0.4, 0.5) is 9.59 Å². The Morgan fingerprint density at radius 1 is 1.19 bits per heavy atom. The first-order valence-electron chi connectivity index (χ1n) is 5.18. The van der Waals surface area contributed by atoms with Crippen molar-refractivity contribution in [2.75, 3.05) is 33.3 Å². The Hall–Kier alpha value is -1.72. The zero-order valence-electron chi connectivity index (χ0n) is 9.60. The number of piperazine rings is 1. The summed E-state index contributed by atoms with van der Waals surface area (Å²) in [5, 5.41) is 2.63. The zero-order valence-corrected chi connectivity index (χ0v) is 9.60. The van der Waals surface area contributed by atoms with Crippen LogP contribution in [0.5, 0.6) is 0 Å². The van der Waals surface area contributed by atoms with Crippen molar-refractivity contribution in [3.8, 4) is 0 Å². The van der Waals surface area contributed by atoms with E-state index in [2.05, 4.69) is 10.1 Å². The van der Waals surface area contributed by atoms with Gasteiger partial charge in [-0.15, -0.1) is 0 Å². The van der Waals surface area contributed by atoms with E-state index in [1.165, 1.54) is 7.11 Å². The number of ether oxygens (including phenoxy) is 1. The van der Waals surface area contributed by atoms with Crippen LogP contribution in [0.3, 0.4) is 0 Å². The van der Waals surface area contributed by atoms with Gasteiger partial charge < -0.3 is 19.9 Å². The van der Waals surface area contributed by atoms with Gasteiger partial charge in [0.2, 0.25) is 0 Å². The maximum absolute atomic E-state index is 11.5. The fourth-order valence-electron chi connectivity index (χ4n) is 1.47. The van der Waals surface area contributed by atoms with E-state index in [0.29, 0.717) is 26.2 Å². The van der Waals surface area contributed by atoms with Crippen molar-refractivity contribution in [1.82, 2.24) is 15.1 Å². The van der Waals surface area contributed by atoms with Gasteiger partial charge in [-0.1, -0.05) is 6.08 Å². The lowest BCUT2D eigenvalue weighted by molar-refractivity contribution is 0.0976. The first-order chi connectivity index (χ1) is 7.69. The molecule has 1 saturated heterocycles. The minimum atomic E-state index is -0.339. The Morgan fingerprint density at radius 2 is 1.75 bits per heavy atom. The van der Waals surface area contributed by atoms with Crippen molar-refractivity contribution < 1.29 is 14.3 Å². The molecule has 1 fully saturated rings. The van der Waals surface area contributed by atoms with Gasteiger partial charge in [0.15, 0.2) is 0 Å². The molecule has 0 aromatic rings. The van der Waals surface area contributed by atoms with E-state index in [1.54, 1.807) is 22.1 Å². The molecule has 6 nitrogen and oxygen atoms in total. The van der Waals surface area contributed by atoms with Gasteiger partial charge in [-0.25, -0.2) is 9.59 Å². The molecule has 0 spiro atoms. The summed E-state index contributed by atoms with van der Waals surface area (Å²) in [6, 6.07) is -0.136. The monoisotopic (exact) mass is 227 g/mol. The molecule has 0 saturated carbocycles. The number of carbonyl (C=O) groups is 2. The summed E-state index contributed by atoms with van der Waals surface area (Å²) >= 11 is 0. The second-order valence-corrected chi connectivity index (χ2v) is 3.39. The number of hydrogen-bond donors (Lipinski definition) is 1. The smallest absolute Gasteiger partial charge is 0.409 e. The van der Waals surface area contributed by atoms with E-state index < -0.39 is 0 Å². The van der Waals surface area contributed by atoms with Crippen LogP contribution in [-0.2, 0) is 4.74 Å². The highest BCUT2D eigenvalue weighted by Crippen LogP contribution is 2.03. The predicted molar refractivity (Wildman–Crippen MR) is 58.9 cm³/mol. The number of rotatable bonds is 1. The van der Waals surface area contributed by atoms with Gasteiger partial charge in [0, 0.05) is 32.4 Å². The van der Waals surface area contributed by atoms with Crippen molar-refractivity contribution in [2.45, 2.75) is 6.92 Å². The van der Waals surface area contributed by atoms with Crippen LogP contribution in [-0.4, -0.2) is 55.2 Å². The molecule has 6 heteroatoms. The third-order valence-electron chi connectivity index (χ3n) is 2.37. The quantitative estimate of drug-likeness (QED) is 0.714. The molecule has 1 heterocycles. The van der Waals surface area contributed by atoms with Crippen LogP contribution in [0.1, 0.15) is 6.92 Å². The molecule has 1 aliphatic heterocycles. The fraction of sp³-hybridized carbons (Fsp3) is 0.600. The first-order valence-corrected chi connectivity index (χ1v) is 5.18. The second-order valence-electron chi connectivity index (χ2n) is 3.39. The van der Waals surface area contributed by atoms with Crippen molar-refractivity contribution in [2.24, 2.45) is 0 Å². The van der Waals surface area contributed by atoms with E-state index >= 15 is 0 Å². The molecule has 0 aromatic heterocycles. The Bertz CT molecular complexity index is 283. The third-order valence-corrected chi connectivity index (χ3v) is 2.37. The molecule has 0 radical (unpaired) electrons. The van der Waals surface area contributed by atoms with Crippen LogP contribution in [0.15, 0.2) is 12.3 Å². The van der Waals surface area contributed by atoms with E-state index in [-0.39, 0.29) is 12.1 Å². The minimum absolute atomic E-state index is 0.136. The average Bonchev–Trinajstić information content (AvgIpc) is 2.35. The largest absolute Gasteiger partial charge is 0.453 e. The molecule has 1 rings (SSSR count). The molecule has 1 aliphatic rings. The average molecular weight is 227 g/mol. The summed E-state index contributed by atoms with van der Waals surface area (Å²) in [6.45, 7) is 3.90.